The van der Waals surface area contributed by atoms with Crippen LogP contribution in [0, 0.1) is 15.9 Å². The van der Waals surface area contributed by atoms with Gasteiger partial charge in [0.15, 0.2) is 4.80 Å². The van der Waals surface area contributed by atoms with E-state index in [1.165, 1.54) is 41.0 Å². The Morgan fingerprint density at radius 3 is 2.75 bits per heavy atom. The summed E-state index contributed by atoms with van der Waals surface area (Å²) < 4.78 is 20.2. The molecule has 0 bridgehead atoms. The Morgan fingerprint density at radius 2 is 2.07 bits per heavy atom. The number of carbonyl (C=O) groups is 2. The van der Waals surface area contributed by atoms with Crippen LogP contribution in [0.2, 0.25) is 0 Å². The number of esters is 1. The van der Waals surface area contributed by atoms with Crippen LogP contribution in [0.15, 0.2) is 47.5 Å². The van der Waals surface area contributed by atoms with E-state index in [4.69, 9.17) is 4.74 Å². The first kappa shape index (κ1) is 19.4. The third kappa shape index (κ3) is 4.12. The van der Waals surface area contributed by atoms with Crippen LogP contribution in [-0.2, 0) is 16.1 Å². The van der Waals surface area contributed by atoms with Crippen molar-refractivity contribution in [1.82, 2.24) is 4.57 Å². The van der Waals surface area contributed by atoms with Crippen molar-refractivity contribution in [2.24, 2.45) is 4.99 Å². The SMILES string of the molecule is CCOC(=O)Cn1c(=NC(=O)c2cccc(F)c2)sc2cc([N+](=O)[O-])ccc21. The second-order valence-corrected chi connectivity index (χ2v) is 6.62. The highest BCUT2D eigenvalue weighted by molar-refractivity contribution is 7.16. The molecule has 3 aromatic rings. The Bertz CT molecular complexity index is 1150. The minimum absolute atomic E-state index is 0.0473. The van der Waals surface area contributed by atoms with Gasteiger partial charge in [0.25, 0.3) is 11.6 Å². The predicted octanol–water partition coefficient (Wildman–Crippen LogP) is 3.05. The third-order valence-corrected chi connectivity index (χ3v) is 4.78. The maximum absolute atomic E-state index is 13.4. The number of carbonyl (C=O) groups excluding carboxylic acids is 2. The average Bonchev–Trinajstić information content (AvgIpc) is 2.98. The van der Waals surface area contributed by atoms with Crippen LogP contribution in [-0.4, -0.2) is 28.0 Å². The topological polar surface area (TPSA) is 104 Å². The van der Waals surface area contributed by atoms with E-state index in [0.29, 0.717) is 10.2 Å². The second kappa shape index (κ2) is 8.09. The molecule has 144 valence electrons. The molecule has 0 saturated carbocycles. The van der Waals surface area contributed by atoms with Gasteiger partial charge in [-0.25, -0.2) is 4.39 Å². The lowest BCUT2D eigenvalue weighted by atomic mass is 10.2. The van der Waals surface area contributed by atoms with E-state index in [2.05, 4.69) is 4.99 Å². The van der Waals surface area contributed by atoms with Gasteiger partial charge in [-0.2, -0.15) is 4.99 Å². The molecule has 0 atom stereocenters. The highest BCUT2D eigenvalue weighted by atomic mass is 32.1. The van der Waals surface area contributed by atoms with Gasteiger partial charge in [0.1, 0.15) is 12.4 Å². The maximum Gasteiger partial charge on any atom is 0.326 e. The molecular formula is C18H14FN3O5S. The van der Waals surface area contributed by atoms with Gasteiger partial charge in [0.05, 0.1) is 21.7 Å². The number of amides is 1. The van der Waals surface area contributed by atoms with E-state index in [1.54, 1.807) is 6.92 Å². The molecule has 0 radical (unpaired) electrons. The third-order valence-electron chi connectivity index (χ3n) is 3.74. The zero-order chi connectivity index (χ0) is 20.3. The first-order valence-corrected chi connectivity index (χ1v) is 8.98. The van der Waals surface area contributed by atoms with Crippen LogP contribution in [0.4, 0.5) is 10.1 Å². The van der Waals surface area contributed by atoms with E-state index < -0.39 is 22.6 Å². The first-order valence-electron chi connectivity index (χ1n) is 8.17. The Balaban J connectivity index is 2.14. The van der Waals surface area contributed by atoms with E-state index in [9.17, 15) is 24.1 Å². The predicted molar refractivity (Wildman–Crippen MR) is 99.4 cm³/mol. The molecule has 0 N–H and O–H groups in total. The highest BCUT2D eigenvalue weighted by Gasteiger charge is 2.16. The van der Waals surface area contributed by atoms with Gasteiger partial charge < -0.3 is 9.30 Å². The molecule has 0 spiro atoms. The van der Waals surface area contributed by atoms with E-state index in [0.717, 1.165) is 17.4 Å². The van der Waals surface area contributed by atoms with Gasteiger partial charge in [-0.3, -0.25) is 19.7 Å². The van der Waals surface area contributed by atoms with Crippen molar-refractivity contribution in [3.05, 3.63) is 68.8 Å². The number of ether oxygens (including phenoxy) is 1. The Labute approximate surface area is 161 Å². The van der Waals surface area contributed by atoms with Crippen molar-refractivity contribution >= 4 is 39.1 Å². The number of nitro groups is 1. The lowest BCUT2D eigenvalue weighted by molar-refractivity contribution is -0.384. The summed E-state index contributed by atoms with van der Waals surface area (Å²) in [5.41, 5.74) is 0.417. The molecule has 0 aliphatic heterocycles. The standard InChI is InChI=1S/C18H14FN3O5S/c1-2-27-16(23)10-21-14-7-6-13(22(25)26)9-15(14)28-18(21)20-17(24)11-4-3-5-12(19)8-11/h3-9H,2,10H2,1H3. The quantitative estimate of drug-likeness (QED) is 0.370. The summed E-state index contributed by atoms with van der Waals surface area (Å²) in [6.45, 7) is 1.62. The number of nitro benzene ring substituents is 1. The number of halogens is 1. The van der Waals surface area contributed by atoms with Gasteiger partial charge in [0.2, 0.25) is 0 Å². The van der Waals surface area contributed by atoms with E-state index in [1.807, 2.05) is 0 Å². The average molecular weight is 403 g/mol. The van der Waals surface area contributed by atoms with Crippen molar-refractivity contribution in [2.75, 3.05) is 6.61 Å². The number of nitrogens with zero attached hydrogens (tertiary/aromatic N) is 3. The largest absolute Gasteiger partial charge is 0.465 e. The van der Waals surface area contributed by atoms with Gasteiger partial charge >= 0.3 is 5.97 Å². The molecule has 0 unspecified atom stereocenters. The minimum atomic E-state index is -0.696. The van der Waals surface area contributed by atoms with Crippen molar-refractivity contribution in [3.63, 3.8) is 0 Å². The molecule has 0 aliphatic carbocycles. The molecule has 0 saturated heterocycles. The van der Waals surface area contributed by atoms with Gasteiger partial charge in [0, 0.05) is 17.7 Å². The Kier molecular flexibility index (Phi) is 5.59. The molecule has 10 heteroatoms. The lowest BCUT2D eigenvalue weighted by Crippen LogP contribution is -2.23. The fourth-order valence-electron chi connectivity index (χ4n) is 2.52. The molecule has 0 fully saturated rings. The van der Waals surface area contributed by atoms with Crippen molar-refractivity contribution in [2.45, 2.75) is 13.5 Å². The summed E-state index contributed by atoms with van der Waals surface area (Å²) in [6, 6.07) is 9.19. The van der Waals surface area contributed by atoms with E-state index in [-0.39, 0.29) is 29.2 Å². The lowest BCUT2D eigenvalue weighted by Gasteiger charge is -2.05. The number of hydrogen-bond donors (Lipinski definition) is 0. The molecule has 0 aliphatic rings. The summed E-state index contributed by atoms with van der Waals surface area (Å²) in [5.74, 6) is -1.81. The molecule has 1 aromatic heterocycles. The number of fused-ring (bicyclic) bond motifs is 1. The molecule has 1 amide bonds. The van der Waals surface area contributed by atoms with Gasteiger partial charge in [-0.05, 0) is 31.2 Å². The number of rotatable bonds is 5. The Morgan fingerprint density at radius 1 is 1.29 bits per heavy atom. The molecular weight excluding hydrogens is 389 g/mol. The first-order chi connectivity index (χ1) is 13.4. The van der Waals surface area contributed by atoms with E-state index >= 15 is 0 Å². The second-order valence-electron chi connectivity index (χ2n) is 5.61. The summed E-state index contributed by atoms with van der Waals surface area (Å²) in [4.78, 5) is 39.0. The molecule has 8 nitrogen and oxygen atoms in total. The fraction of sp³-hybridized carbons (Fsp3) is 0.167. The summed E-state index contributed by atoms with van der Waals surface area (Å²) in [5, 5.41) is 11.0. The van der Waals surface area contributed by atoms with Crippen LogP contribution in [0.1, 0.15) is 17.3 Å². The molecule has 3 rings (SSSR count). The number of aromatic nitrogens is 1. The van der Waals surface area contributed by atoms with Gasteiger partial charge in [-0.15, -0.1) is 0 Å². The number of thiazole rings is 1. The van der Waals surface area contributed by atoms with Crippen LogP contribution in [0.3, 0.4) is 0 Å². The summed E-state index contributed by atoms with van der Waals surface area (Å²) in [6.07, 6.45) is 0. The van der Waals surface area contributed by atoms with Gasteiger partial charge in [-0.1, -0.05) is 17.4 Å². The highest BCUT2D eigenvalue weighted by Crippen LogP contribution is 2.23. The minimum Gasteiger partial charge on any atom is -0.465 e. The van der Waals surface area contributed by atoms with Crippen LogP contribution >= 0.6 is 11.3 Å². The summed E-state index contributed by atoms with van der Waals surface area (Å²) in [7, 11) is 0. The van der Waals surface area contributed by atoms with Crippen molar-refractivity contribution in [3.8, 4) is 0 Å². The Hall–Kier alpha value is -3.40. The van der Waals surface area contributed by atoms with Crippen molar-refractivity contribution in [1.29, 1.82) is 0 Å². The normalized spacial score (nSPS) is 11.6. The maximum atomic E-state index is 13.4. The summed E-state index contributed by atoms with van der Waals surface area (Å²) >= 11 is 1.01. The zero-order valence-electron chi connectivity index (χ0n) is 14.6. The number of benzene rings is 2. The van der Waals surface area contributed by atoms with Crippen molar-refractivity contribution < 1.29 is 23.6 Å². The fourth-order valence-corrected chi connectivity index (χ4v) is 3.58. The number of hydrogen-bond acceptors (Lipinski definition) is 6. The number of non-ortho nitro benzene ring substituents is 1. The zero-order valence-corrected chi connectivity index (χ0v) is 15.4. The van der Waals surface area contributed by atoms with Crippen LogP contribution in [0.25, 0.3) is 10.2 Å². The van der Waals surface area contributed by atoms with Crippen LogP contribution < -0.4 is 4.80 Å². The molecule has 28 heavy (non-hydrogen) atoms. The smallest absolute Gasteiger partial charge is 0.326 e. The van der Waals surface area contributed by atoms with Crippen LogP contribution in [0.5, 0.6) is 0 Å². The molecule has 1 heterocycles. The molecule has 2 aromatic carbocycles. The monoisotopic (exact) mass is 403 g/mol.